The average Bonchev–Trinajstić information content (AvgIpc) is 2.68. The summed E-state index contributed by atoms with van der Waals surface area (Å²) in [4.78, 5) is 13.1. The predicted molar refractivity (Wildman–Crippen MR) is 104 cm³/mol. The van der Waals surface area contributed by atoms with E-state index in [1.807, 2.05) is 54.6 Å². The minimum absolute atomic E-state index is 0.397. The Labute approximate surface area is 155 Å². The number of nitrogens with zero attached hydrogens (tertiary/aromatic N) is 3. The SMILES string of the molecule is COc1ccc(-c2cc(-c3ccc(Cl)cc3)c3c(N)ncnc3n2)cc1. The Balaban J connectivity index is 1.97. The lowest BCUT2D eigenvalue weighted by atomic mass is 10.00. The highest BCUT2D eigenvalue weighted by atomic mass is 35.5. The summed E-state index contributed by atoms with van der Waals surface area (Å²) >= 11 is 6.03. The summed E-state index contributed by atoms with van der Waals surface area (Å²) < 4.78 is 5.23. The van der Waals surface area contributed by atoms with Gasteiger partial charge in [0, 0.05) is 10.6 Å². The number of anilines is 1. The maximum absolute atomic E-state index is 6.12. The van der Waals surface area contributed by atoms with Crippen LogP contribution in [0.15, 0.2) is 60.9 Å². The van der Waals surface area contributed by atoms with Crippen LogP contribution in [0.5, 0.6) is 5.75 Å². The van der Waals surface area contributed by atoms with Crippen molar-refractivity contribution in [2.24, 2.45) is 0 Å². The number of methoxy groups -OCH3 is 1. The quantitative estimate of drug-likeness (QED) is 0.576. The third-order valence-electron chi connectivity index (χ3n) is 4.17. The van der Waals surface area contributed by atoms with E-state index in [9.17, 15) is 0 Å². The lowest BCUT2D eigenvalue weighted by Gasteiger charge is -2.11. The normalized spacial score (nSPS) is 10.8. The first-order valence-electron chi connectivity index (χ1n) is 7.97. The van der Waals surface area contributed by atoms with Crippen LogP contribution in [-0.4, -0.2) is 22.1 Å². The van der Waals surface area contributed by atoms with Crippen LogP contribution in [0.3, 0.4) is 0 Å². The van der Waals surface area contributed by atoms with Gasteiger partial charge in [-0.15, -0.1) is 0 Å². The fraction of sp³-hybridized carbons (Fsp3) is 0.0500. The third kappa shape index (κ3) is 2.93. The zero-order chi connectivity index (χ0) is 18.1. The third-order valence-corrected chi connectivity index (χ3v) is 4.43. The van der Waals surface area contributed by atoms with Gasteiger partial charge >= 0.3 is 0 Å². The van der Waals surface area contributed by atoms with E-state index in [0.29, 0.717) is 16.5 Å². The molecular formula is C20H15ClN4O. The van der Waals surface area contributed by atoms with Crippen molar-refractivity contribution in [3.8, 4) is 28.1 Å². The van der Waals surface area contributed by atoms with E-state index in [4.69, 9.17) is 22.1 Å². The van der Waals surface area contributed by atoms with Gasteiger partial charge < -0.3 is 10.5 Å². The number of nitrogen functional groups attached to an aromatic ring is 1. The van der Waals surface area contributed by atoms with Crippen LogP contribution in [0.25, 0.3) is 33.4 Å². The molecular weight excluding hydrogens is 348 g/mol. The summed E-state index contributed by atoms with van der Waals surface area (Å²) in [5.74, 6) is 1.19. The first kappa shape index (κ1) is 16.3. The molecule has 0 atom stereocenters. The number of aromatic nitrogens is 3. The molecule has 0 unspecified atom stereocenters. The molecule has 5 nitrogen and oxygen atoms in total. The van der Waals surface area contributed by atoms with E-state index in [0.717, 1.165) is 33.5 Å². The molecule has 6 heteroatoms. The first-order valence-corrected chi connectivity index (χ1v) is 8.35. The van der Waals surface area contributed by atoms with Crippen molar-refractivity contribution >= 4 is 28.5 Å². The van der Waals surface area contributed by atoms with Gasteiger partial charge in [-0.05, 0) is 53.6 Å². The van der Waals surface area contributed by atoms with Crippen molar-refractivity contribution in [2.75, 3.05) is 12.8 Å². The Kier molecular flexibility index (Phi) is 4.14. The number of hydrogen-bond acceptors (Lipinski definition) is 5. The van der Waals surface area contributed by atoms with Crippen molar-refractivity contribution in [1.82, 2.24) is 15.0 Å². The van der Waals surface area contributed by atoms with Gasteiger partial charge in [0.1, 0.15) is 17.9 Å². The number of ether oxygens (including phenoxy) is 1. The Morgan fingerprint density at radius 3 is 2.31 bits per heavy atom. The van der Waals surface area contributed by atoms with E-state index >= 15 is 0 Å². The highest BCUT2D eigenvalue weighted by Crippen LogP contribution is 2.34. The number of halogens is 1. The number of pyridine rings is 1. The molecule has 0 amide bonds. The highest BCUT2D eigenvalue weighted by molar-refractivity contribution is 6.30. The minimum Gasteiger partial charge on any atom is -0.497 e. The largest absolute Gasteiger partial charge is 0.497 e. The lowest BCUT2D eigenvalue weighted by molar-refractivity contribution is 0.415. The maximum atomic E-state index is 6.12. The van der Waals surface area contributed by atoms with Gasteiger partial charge in [0.25, 0.3) is 0 Å². The van der Waals surface area contributed by atoms with Crippen LogP contribution in [0.2, 0.25) is 5.02 Å². The molecule has 2 aromatic heterocycles. The molecule has 4 aromatic rings. The van der Waals surface area contributed by atoms with Gasteiger partial charge in [-0.2, -0.15) is 0 Å². The van der Waals surface area contributed by atoms with E-state index in [1.165, 1.54) is 6.33 Å². The van der Waals surface area contributed by atoms with Gasteiger partial charge in [0.2, 0.25) is 0 Å². The Hall–Kier alpha value is -3.18. The van der Waals surface area contributed by atoms with Crippen molar-refractivity contribution in [3.63, 3.8) is 0 Å². The summed E-state index contributed by atoms with van der Waals surface area (Å²) in [6, 6.07) is 17.3. The second-order valence-corrected chi connectivity index (χ2v) is 6.18. The van der Waals surface area contributed by atoms with E-state index in [-0.39, 0.29) is 0 Å². The van der Waals surface area contributed by atoms with E-state index < -0.39 is 0 Å². The van der Waals surface area contributed by atoms with Crippen molar-refractivity contribution in [1.29, 1.82) is 0 Å². The Morgan fingerprint density at radius 1 is 0.923 bits per heavy atom. The molecule has 0 bridgehead atoms. The molecule has 128 valence electrons. The molecule has 26 heavy (non-hydrogen) atoms. The summed E-state index contributed by atoms with van der Waals surface area (Å²) in [7, 11) is 1.64. The van der Waals surface area contributed by atoms with E-state index in [2.05, 4.69) is 15.0 Å². The van der Waals surface area contributed by atoms with Gasteiger partial charge in [0.05, 0.1) is 18.2 Å². The number of hydrogen-bond donors (Lipinski definition) is 1. The number of benzene rings is 2. The number of fused-ring (bicyclic) bond motifs is 1. The summed E-state index contributed by atoms with van der Waals surface area (Å²) in [6.07, 6.45) is 1.42. The molecule has 0 aliphatic heterocycles. The summed E-state index contributed by atoms with van der Waals surface area (Å²) in [5.41, 5.74) is 10.3. The average molecular weight is 363 g/mol. The molecule has 0 saturated heterocycles. The zero-order valence-corrected chi connectivity index (χ0v) is 14.7. The Morgan fingerprint density at radius 2 is 1.62 bits per heavy atom. The van der Waals surface area contributed by atoms with Crippen LogP contribution in [-0.2, 0) is 0 Å². The highest BCUT2D eigenvalue weighted by Gasteiger charge is 2.13. The minimum atomic E-state index is 0.397. The molecule has 0 spiro atoms. The molecule has 2 aromatic carbocycles. The lowest BCUT2D eigenvalue weighted by Crippen LogP contribution is -1.98. The van der Waals surface area contributed by atoms with Crippen molar-refractivity contribution in [3.05, 3.63) is 65.9 Å². The number of nitrogens with two attached hydrogens (primary N) is 1. The van der Waals surface area contributed by atoms with Crippen LogP contribution >= 0.6 is 11.6 Å². The van der Waals surface area contributed by atoms with Gasteiger partial charge in [-0.3, -0.25) is 0 Å². The molecule has 0 radical (unpaired) electrons. The molecule has 0 saturated carbocycles. The summed E-state index contributed by atoms with van der Waals surface area (Å²) in [6.45, 7) is 0. The van der Waals surface area contributed by atoms with Crippen LogP contribution in [0.4, 0.5) is 5.82 Å². The standard InChI is InChI=1S/C20H15ClN4O/c1-26-15-8-4-13(5-9-15)17-10-16(12-2-6-14(21)7-3-12)18-19(22)23-11-24-20(18)25-17/h2-11H,1H3,(H2,22,23,24,25). The Bertz CT molecular complexity index is 1080. The topological polar surface area (TPSA) is 73.9 Å². The van der Waals surface area contributed by atoms with Crippen LogP contribution in [0, 0.1) is 0 Å². The van der Waals surface area contributed by atoms with Crippen molar-refractivity contribution in [2.45, 2.75) is 0 Å². The van der Waals surface area contributed by atoms with Gasteiger partial charge in [-0.25, -0.2) is 15.0 Å². The predicted octanol–water partition coefficient (Wildman–Crippen LogP) is 4.60. The molecule has 0 aliphatic carbocycles. The fourth-order valence-electron chi connectivity index (χ4n) is 2.85. The first-order chi connectivity index (χ1) is 12.7. The molecule has 4 rings (SSSR count). The second-order valence-electron chi connectivity index (χ2n) is 5.75. The van der Waals surface area contributed by atoms with Gasteiger partial charge in [-0.1, -0.05) is 23.7 Å². The molecule has 2 heterocycles. The molecule has 0 fully saturated rings. The van der Waals surface area contributed by atoms with Crippen LogP contribution in [0.1, 0.15) is 0 Å². The van der Waals surface area contributed by atoms with E-state index in [1.54, 1.807) is 7.11 Å². The maximum Gasteiger partial charge on any atom is 0.165 e. The fourth-order valence-corrected chi connectivity index (χ4v) is 2.98. The monoisotopic (exact) mass is 362 g/mol. The molecule has 2 N–H and O–H groups in total. The second kappa shape index (κ2) is 6.61. The summed E-state index contributed by atoms with van der Waals surface area (Å²) in [5, 5.41) is 1.40. The van der Waals surface area contributed by atoms with Crippen molar-refractivity contribution < 1.29 is 4.74 Å². The zero-order valence-electron chi connectivity index (χ0n) is 14.0. The van der Waals surface area contributed by atoms with Crippen LogP contribution < -0.4 is 10.5 Å². The smallest absolute Gasteiger partial charge is 0.165 e. The number of rotatable bonds is 3. The molecule has 0 aliphatic rings. The van der Waals surface area contributed by atoms with Gasteiger partial charge in [0.15, 0.2) is 5.65 Å².